The van der Waals surface area contributed by atoms with Crippen molar-refractivity contribution in [2.45, 2.75) is 19.8 Å². The molecule has 0 aliphatic heterocycles. The minimum Gasteiger partial charge on any atom is -0.326 e. The number of nitrogen functional groups attached to an aromatic ring is 1. The molecule has 0 spiro atoms. The summed E-state index contributed by atoms with van der Waals surface area (Å²) < 4.78 is 0. The van der Waals surface area contributed by atoms with Crippen LogP contribution in [-0.2, 0) is 4.79 Å². The van der Waals surface area contributed by atoms with Gasteiger partial charge in [0.05, 0.1) is 0 Å². The molecule has 86 valence electrons. The van der Waals surface area contributed by atoms with Crippen LogP contribution >= 0.6 is 0 Å². The summed E-state index contributed by atoms with van der Waals surface area (Å²) in [5.41, 5.74) is 3.05. The van der Waals surface area contributed by atoms with E-state index in [2.05, 4.69) is 5.32 Å². The lowest BCUT2D eigenvalue weighted by Crippen LogP contribution is -2.30. The van der Waals surface area contributed by atoms with Gasteiger partial charge in [0.2, 0.25) is 5.91 Å². The third-order valence-corrected chi connectivity index (χ3v) is 2.02. The lowest BCUT2D eigenvalue weighted by atomic mass is 10.2. The maximum absolute atomic E-state index is 11.3. The molecule has 16 heavy (non-hydrogen) atoms. The summed E-state index contributed by atoms with van der Waals surface area (Å²) in [7, 11) is 0. The molecule has 5 heteroatoms. The predicted octanol–water partition coefficient (Wildman–Crippen LogP) is 1.03. The fourth-order valence-electron chi connectivity index (χ4n) is 1.27. The average molecular weight is 221 g/mol. The first-order valence-electron chi connectivity index (χ1n) is 5.08. The summed E-state index contributed by atoms with van der Waals surface area (Å²) in [4.78, 5) is 22.6. The Hall–Kier alpha value is -1.88. The van der Waals surface area contributed by atoms with E-state index < -0.39 is 0 Å². The zero-order valence-electron chi connectivity index (χ0n) is 9.12. The van der Waals surface area contributed by atoms with Crippen LogP contribution in [0.2, 0.25) is 0 Å². The predicted molar refractivity (Wildman–Crippen MR) is 61.6 cm³/mol. The number of rotatable bonds is 4. The molecule has 0 aliphatic rings. The second-order valence-corrected chi connectivity index (χ2v) is 3.35. The van der Waals surface area contributed by atoms with Crippen molar-refractivity contribution in [2.24, 2.45) is 5.84 Å². The third-order valence-electron chi connectivity index (χ3n) is 2.02. The topological polar surface area (TPSA) is 84.2 Å². The Morgan fingerprint density at radius 1 is 1.38 bits per heavy atom. The van der Waals surface area contributed by atoms with Gasteiger partial charge in [-0.15, -0.1) is 0 Å². The van der Waals surface area contributed by atoms with Crippen molar-refractivity contribution in [2.75, 3.05) is 5.32 Å². The molecular weight excluding hydrogens is 206 g/mol. The van der Waals surface area contributed by atoms with Gasteiger partial charge in [-0.05, 0) is 24.6 Å². The van der Waals surface area contributed by atoms with Crippen LogP contribution in [0, 0.1) is 0 Å². The van der Waals surface area contributed by atoms with Crippen molar-refractivity contribution in [3.05, 3.63) is 29.8 Å². The van der Waals surface area contributed by atoms with Gasteiger partial charge in [-0.3, -0.25) is 15.0 Å². The van der Waals surface area contributed by atoms with Crippen molar-refractivity contribution < 1.29 is 9.59 Å². The number of amides is 2. The van der Waals surface area contributed by atoms with Crippen LogP contribution in [0.25, 0.3) is 0 Å². The summed E-state index contributed by atoms with van der Waals surface area (Å²) in [6.45, 7) is 1.93. The second-order valence-electron chi connectivity index (χ2n) is 3.35. The monoisotopic (exact) mass is 221 g/mol. The van der Waals surface area contributed by atoms with Gasteiger partial charge in [0.25, 0.3) is 5.91 Å². The Morgan fingerprint density at radius 3 is 2.75 bits per heavy atom. The Balaban J connectivity index is 2.74. The molecule has 0 atom stereocenters. The molecule has 1 aromatic carbocycles. The lowest BCUT2D eigenvalue weighted by Gasteiger charge is -2.06. The quantitative estimate of drug-likeness (QED) is 0.403. The Morgan fingerprint density at radius 2 is 2.12 bits per heavy atom. The van der Waals surface area contributed by atoms with E-state index in [9.17, 15) is 9.59 Å². The molecule has 0 saturated heterocycles. The van der Waals surface area contributed by atoms with Crippen LogP contribution < -0.4 is 16.6 Å². The van der Waals surface area contributed by atoms with E-state index in [0.717, 1.165) is 6.42 Å². The fraction of sp³-hybridized carbons (Fsp3) is 0.273. The van der Waals surface area contributed by atoms with E-state index in [-0.39, 0.29) is 11.8 Å². The molecule has 0 heterocycles. The Kier molecular flexibility index (Phi) is 4.47. The van der Waals surface area contributed by atoms with Crippen molar-refractivity contribution in [1.82, 2.24) is 5.43 Å². The van der Waals surface area contributed by atoms with Gasteiger partial charge in [0.15, 0.2) is 0 Å². The van der Waals surface area contributed by atoms with E-state index in [1.165, 1.54) is 0 Å². The van der Waals surface area contributed by atoms with E-state index in [1.807, 2.05) is 12.3 Å². The molecule has 0 radical (unpaired) electrons. The van der Waals surface area contributed by atoms with Crippen molar-refractivity contribution >= 4 is 17.5 Å². The van der Waals surface area contributed by atoms with Gasteiger partial charge in [0, 0.05) is 17.7 Å². The van der Waals surface area contributed by atoms with Crippen LogP contribution in [0.3, 0.4) is 0 Å². The largest absolute Gasteiger partial charge is 0.326 e. The standard InChI is InChI=1S/C11H15N3O2/c1-2-4-10(15)13-9-6-3-5-8(7-9)11(16)14-12/h3,5-7H,2,4,12H2,1H3,(H,13,15)(H,14,16). The van der Waals surface area contributed by atoms with Crippen LogP contribution in [-0.4, -0.2) is 11.8 Å². The number of nitrogens with one attached hydrogen (secondary N) is 2. The zero-order chi connectivity index (χ0) is 12.0. The second kappa shape index (κ2) is 5.87. The van der Waals surface area contributed by atoms with E-state index in [0.29, 0.717) is 17.7 Å². The maximum atomic E-state index is 11.3. The minimum atomic E-state index is -0.383. The molecule has 4 N–H and O–H groups in total. The summed E-state index contributed by atoms with van der Waals surface area (Å²) in [5, 5.41) is 2.70. The molecule has 5 nitrogen and oxygen atoms in total. The number of hydrogen-bond acceptors (Lipinski definition) is 3. The number of hydrogen-bond donors (Lipinski definition) is 3. The normalized spacial score (nSPS) is 9.62. The van der Waals surface area contributed by atoms with Gasteiger partial charge >= 0.3 is 0 Å². The highest BCUT2D eigenvalue weighted by Gasteiger charge is 2.05. The van der Waals surface area contributed by atoms with Gasteiger partial charge in [0.1, 0.15) is 0 Å². The molecule has 0 aromatic heterocycles. The Bertz CT molecular complexity index is 391. The molecule has 0 aliphatic carbocycles. The van der Waals surface area contributed by atoms with Gasteiger partial charge in [-0.25, -0.2) is 5.84 Å². The molecule has 0 fully saturated rings. The highest BCUT2D eigenvalue weighted by atomic mass is 16.2. The third kappa shape index (κ3) is 3.36. The molecule has 0 saturated carbocycles. The highest BCUT2D eigenvalue weighted by Crippen LogP contribution is 2.11. The molecule has 1 rings (SSSR count). The lowest BCUT2D eigenvalue weighted by molar-refractivity contribution is -0.116. The summed E-state index contributed by atoms with van der Waals surface area (Å²) in [6, 6.07) is 6.61. The summed E-state index contributed by atoms with van der Waals surface area (Å²) in [5.74, 6) is 4.57. The number of hydrazine groups is 1. The smallest absolute Gasteiger partial charge is 0.265 e. The Labute approximate surface area is 94.0 Å². The number of nitrogens with two attached hydrogens (primary N) is 1. The van der Waals surface area contributed by atoms with Gasteiger partial charge in [-0.2, -0.15) is 0 Å². The average Bonchev–Trinajstić information content (AvgIpc) is 2.28. The number of carbonyl (C=O) groups is 2. The first kappa shape index (κ1) is 12.2. The van der Waals surface area contributed by atoms with Gasteiger partial charge < -0.3 is 5.32 Å². The van der Waals surface area contributed by atoms with E-state index in [4.69, 9.17) is 5.84 Å². The number of anilines is 1. The molecule has 2 amide bonds. The SMILES string of the molecule is CCCC(=O)Nc1cccc(C(=O)NN)c1. The van der Waals surface area contributed by atoms with Crippen molar-refractivity contribution in [3.8, 4) is 0 Å². The van der Waals surface area contributed by atoms with E-state index >= 15 is 0 Å². The molecule has 1 aromatic rings. The van der Waals surface area contributed by atoms with E-state index in [1.54, 1.807) is 24.3 Å². The van der Waals surface area contributed by atoms with Gasteiger partial charge in [-0.1, -0.05) is 13.0 Å². The maximum Gasteiger partial charge on any atom is 0.265 e. The number of benzene rings is 1. The van der Waals surface area contributed by atoms with Crippen LogP contribution in [0.15, 0.2) is 24.3 Å². The van der Waals surface area contributed by atoms with Crippen LogP contribution in [0.5, 0.6) is 0 Å². The minimum absolute atomic E-state index is 0.0622. The molecule has 0 bridgehead atoms. The van der Waals surface area contributed by atoms with Crippen molar-refractivity contribution in [1.29, 1.82) is 0 Å². The summed E-state index contributed by atoms with van der Waals surface area (Å²) in [6.07, 6.45) is 1.25. The van der Waals surface area contributed by atoms with Crippen LogP contribution in [0.4, 0.5) is 5.69 Å². The highest BCUT2D eigenvalue weighted by molar-refractivity contribution is 5.96. The first-order chi connectivity index (χ1) is 7.67. The first-order valence-corrected chi connectivity index (χ1v) is 5.08. The van der Waals surface area contributed by atoms with Crippen LogP contribution in [0.1, 0.15) is 30.1 Å². The molecular formula is C11H15N3O2. The zero-order valence-corrected chi connectivity index (χ0v) is 9.12. The molecule has 0 unspecified atom stereocenters. The summed E-state index contributed by atoms with van der Waals surface area (Å²) >= 11 is 0. The van der Waals surface area contributed by atoms with Crippen molar-refractivity contribution in [3.63, 3.8) is 0 Å². The number of carbonyl (C=O) groups excluding carboxylic acids is 2. The fourth-order valence-corrected chi connectivity index (χ4v) is 1.27.